The molecule has 0 saturated carbocycles. The number of hydrogen-bond donors (Lipinski definition) is 2. The van der Waals surface area contributed by atoms with Crippen molar-refractivity contribution in [2.45, 2.75) is 19.1 Å². The van der Waals surface area contributed by atoms with Gasteiger partial charge in [0.25, 0.3) is 5.91 Å². The third kappa shape index (κ3) is 5.08. The summed E-state index contributed by atoms with van der Waals surface area (Å²) in [6, 6.07) is 6.38. The van der Waals surface area contributed by atoms with E-state index in [1.807, 2.05) is 0 Å². The predicted molar refractivity (Wildman–Crippen MR) is 97.9 cm³/mol. The molecule has 2 amide bonds. The van der Waals surface area contributed by atoms with Crippen LogP contribution in [-0.2, 0) is 9.59 Å². The van der Waals surface area contributed by atoms with E-state index in [1.54, 1.807) is 12.1 Å². The first-order chi connectivity index (χ1) is 12.7. The highest BCUT2D eigenvalue weighted by atomic mass is 35.5. The lowest BCUT2D eigenvalue weighted by molar-refractivity contribution is -0.132. The Balaban J connectivity index is 2.18. The van der Waals surface area contributed by atoms with Gasteiger partial charge in [0.2, 0.25) is 5.91 Å². The molecule has 0 aliphatic heterocycles. The predicted octanol–water partition coefficient (Wildman–Crippen LogP) is 3.64. The quantitative estimate of drug-likeness (QED) is 0.755. The van der Waals surface area contributed by atoms with E-state index >= 15 is 0 Å². The molecule has 144 valence electrons. The summed E-state index contributed by atoms with van der Waals surface area (Å²) < 4.78 is 32.1. The summed E-state index contributed by atoms with van der Waals surface area (Å²) >= 11 is 11.9. The Bertz CT molecular complexity index is 864. The second-order valence-electron chi connectivity index (χ2n) is 5.54. The minimum atomic E-state index is -1.24. The molecule has 2 aromatic rings. The zero-order valence-corrected chi connectivity index (χ0v) is 15.9. The molecule has 27 heavy (non-hydrogen) atoms. The van der Waals surface area contributed by atoms with Gasteiger partial charge in [-0.05, 0) is 36.8 Å². The standard InChI is InChI=1S/C18H16Cl2F2N2O3/c1-9(27-14-5-3-4-11(19)15(14)20)17(25)24-16(18(26)23-2)10-6-7-12(21)13(22)8-10/h3-9,16H,1-2H3,(H,23,26)(H,24,25). The van der Waals surface area contributed by atoms with E-state index in [4.69, 9.17) is 27.9 Å². The molecule has 0 saturated heterocycles. The number of carbonyl (C=O) groups is 2. The van der Waals surface area contributed by atoms with Crippen molar-refractivity contribution in [3.05, 3.63) is 63.6 Å². The van der Waals surface area contributed by atoms with Crippen molar-refractivity contribution in [3.8, 4) is 5.75 Å². The zero-order chi connectivity index (χ0) is 20.1. The lowest BCUT2D eigenvalue weighted by Crippen LogP contribution is -2.44. The van der Waals surface area contributed by atoms with Gasteiger partial charge in [-0.3, -0.25) is 9.59 Å². The van der Waals surface area contributed by atoms with Gasteiger partial charge in [0, 0.05) is 7.05 Å². The fourth-order valence-corrected chi connectivity index (χ4v) is 2.55. The van der Waals surface area contributed by atoms with E-state index in [-0.39, 0.29) is 21.4 Å². The van der Waals surface area contributed by atoms with Crippen LogP contribution in [0.25, 0.3) is 0 Å². The van der Waals surface area contributed by atoms with Crippen molar-refractivity contribution >= 4 is 35.0 Å². The monoisotopic (exact) mass is 416 g/mol. The van der Waals surface area contributed by atoms with Crippen molar-refractivity contribution in [3.63, 3.8) is 0 Å². The summed E-state index contributed by atoms with van der Waals surface area (Å²) in [4.78, 5) is 24.5. The molecule has 0 aliphatic rings. The molecule has 0 aromatic heterocycles. The van der Waals surface area contributed by atoms with Crippen LogP contribution in [0.4, 0.5) is 8.78 Å². The summed E-state index contributed by atoms with van der Waals surface area (Å²) in [5.74, 6) is -3.28. The van der Waals surface area contributed by atoms with E-state index in [0.717, 1.165) is 12.1 Å². The van der Waals surface area contributed by atoms with E-state index in [0.29, 0.717) is 0 Å². The molecule has 5 nitrogen and oxygen atoms in total. The lowest BCUT2D eigenvalue weighted by Gasteiger charge is -2.21. The van der Waals surface area contributed by atoms with Crippen LogP contribution in [-0.4, -0.2) is 25.0 Å². The summed E-state index contributed by atoms with van der Waals surface area (Å²) in [6.45, 7) is 1.44. The molecule has 0 aliphatic carbocycles. The fraction of sp³-hybridized carbons (Fsp3) is 0.222. The normalized spacial score (nSPS) is 12.8. The average Bonchev–Trinajstić information content (AvgIpc) is 2.65. The summed E-state index contributed by atoms with van der Waals surface area (Å²) in [7, 11) is 1.35. The Morgan fingerprint density at radius 1 is 1.07 bits per heavy atom. The summed E-state index contributed by atoms with van der Waals surface area (Å²) in [5.41, 5.74) is 0.0783. The largest absolute Gasteiger partial charge is 0.479 e. The third-order valence-corrected chi connectivity index (χ3v) is 4.46. The molecule has 0 bridgehead atoms. The van der Waals surface area contributed by atoms with Crippen LogP contribution < -0.4 is 15.4 Å². The summed E-state index contributed by atoms with van der Waals surface area (Å²) in [6.07, 6.45) is -1.04. The molecule has 9 heteroatoms. The zero-order valence-electron chi connectivity index (χ0n) is 14.4. The maximum absolute atomic E-state index is 13.5. The minimum absolute atomic E-state index is 0.0783. The first-order valence-corrected chi connectivity index (χ1v) is 8.57. The Kier molecular flexibility index (Phi) is 6.98. The molecular weight excluding hydrogens is 401 g/mol. The van der Waals surface area contributed by atoms with Crippen LogP contribution in [0.3, 0.4) is 0 Å². The number of ether oxygens (including phenoxy) is 1. The smallest absolute Gasteiger partial charge is 0.261 e. The Morgan fingerprint density at radius 3 is 2.41 bits per heavy atom. The van der Waals surface area contributed by atoms with Crippen LogP contribution in [0.5, 0.6) is 5.75 Å². The maximum atomic E-state index is 13.5. The van der Waals surface area contributed by atoms with E-state index in [9.17, 15) is 18.4 Å². The lowest BCUT2D eigenvalue weighted by atomic mass is 10.1. The molecule has 2 N–H and O–H groups in total. The molecule has 2 unspecified atom stereocenters. The Labute approximate surface area is 164 Å². The number of hydrogen-bond acceptors (Lipinski definition) is 3. The highest BCUT2D eigenvalue weighted by molar-refractivity contribution is 6.42. The average molecular weight is 417 g/mol. The van der Waals surface area contributed by atoms with Gasteiger partial charge in [-0.15, -0.1) is 0 Å². The van der Waals surface area contributed by atoms with Gasteiger partial charge in [0.05, 0.1) is 5.02 Å². The fourth-order valence-electron chi connectivity index (χ4n) is 2.22. The molecule has 0 fully saturated rings. The number of amides is 2. The molecule has 2 rings (SSSR count). The number of halogens is 4. The second-order valence-corrected chi connectivity index (χ2v) is 6.33. The molecular formula is C18H16Cl2F2N2O3. The van der Waals surface area contributed by atoms with Gasteiger partial charge in [-0.2, -0.15) is 0 Å². The number of carbonyl (C=O) groups excluding carboxylic acids is 2. The maximum Gasteiger partial charge on any atom is 0.261 e. The number of likely N-dealkylation sites (N-methyl/N-ethyl adjacent to an activating group) is 1. The van der Waals surface area contributed by atoms with Crippen molar-refractivity contribution in [1.29, 1.82) is 0 Å². The Morgan fingerprint density at radius 2 is 1.78 bits per heavy atom. The first-order valence-electron chi connectivity index (χ1n) is 7.82. The summed E-state index contributed by atoms with van der Waals surface area (Å²) in [5, 5.41) is 5.20. The van der Waals surface area contributed by atoms with Gasteiger partial charge in [-0.25, -0.2) is 8.78 Å². The number of benzene rings is 2. The SMILES string of the molecule is CNC(=O)C(NC(=O)C(C)Oc1cccc(Cl)c1Cl)c1ccc(F)c(F)c1. The topological polar surface area (TPSA) is 67.4 Å². The number of nitrogens with one attached hydrogen (secondary N) is 2. The van der Waals surface area contributed by atoms with Crippen LogP contribution in [0, 0.1) is 11.6 Å². The van der Waals surface area contributed by atoms with E-state index in [2.05, 4.69) is 10.6 Å². The van der Waals surface area contributed by atoms with Gasteiger partial charge in [-0.1, -0.05) is 35.3 Å². The molecule has 0 heterocycles. The molecule has 2 atom stereocenters. The first kappa shape index (κ1) is 20.9. The molecule has 2 aromatic carbocycles. The third-order valence-electron chi connectivity index (χ3n) is 3.66. The minimum Gasteiger partial charge on any atom is -0.479 e. The Hall–Kier alpha value is -2.38. The van der Waals surface area contributed by atoms with Gasteiger partial charge in [0.15, 0.2) is 17.7 Å². The van der Waals surface area contributed by atoms with E-state index < -0.39 is 35.6 Å². The van der Waals surface area contributed by atoms with Crippen LogP contribution in [0.1, 0.15) is 18.5 Å². The van der Waals surface area contributed by atoms with Crippen LogP contribution >= 0.6 is 23.2 Å². The molecule has 0 radical (unpaired) electrons. The van der Waals surface area contributed by atoms with Crippen molar-refractivity contribution < 1.29 is 23.1 Å². The van der Waals surface area contributed by atoms with Crippen LogP contribution in [0.2, 0.25) is 10.0 Å². The highest BCUT2D eigenvalue weighted by Crippen LogP contribution is 2.32. The van der Waals surface area contributed by atoms with Crippen molar-refractivity contribution in [2.24, 2.45) is 0 Å². The van der Waals surface area contributed by atoms with Gasteiger partial charge in [0.1, 0.15) is 16.8 Å². The van der Waals surface area contributed by atoms with Crippen LogP contribution in [0.15, 0.2) is 36.4 Å². The highest BCUT2D eigenvalue weighted by Gasteiger charge is 2.26. The van der Waals surface area contributed by atoms with Gasteiger partial charge < -0.3 is 15.4 Å². The van der Waals surface area contributed by atoms with Crippen molar-refractivity contribution in [1.82, 2.24) is 10.6 Å². The van der Waals surface area contributed by atoms with E-state index in [1.165, 1.54) is 26.1 Å². The second kappa shape index (κ2) is 9.01. The number of rotatable bonds is 6. The molecule has 0 spiro atoms. The van der Waals surface area contributed by atoms with Crippen molar-refractivity contribution in [2.75, 3.05) is 7.05 Å². The van der Waals surface area contributed by atoms with Gasteiger partial charge >= 0.3 is 0 Å².